The molecule has 0 saturated carbocycles. The number of hydrogen-bond donors (Lipinski definition) is 0. The largest absolute Gasteiger partial charge is 0.323 e. The Morgan fingerprint density at radius 3 is 0.644 bits per heavy atom. The maximum atomic E-state index is 2.58. The van der Waals surface area contributed by atoms with E-state index in [2.05, 4.69) is 64.3 Å². The summed E-state index contributed by atoms with van der Waals surface area (Å²) in [7, 11) is 2.58. The van der Waals surface area contributed by atoms with Gasteiger partial charge in [-0.25, -0.2) is 0 Å². The quantitative estimate of drug-likeness (QED) is 0.0326. The van der Waals surface area contributed by atoms with Crippen LogP contribution in [0.2, 0.25) is 0 Å². The van der Waals surface area contributed by atoms with Gasteiger partial charge in [-0.2, -0.15) is 0 Å². The second-order valence-corrected chi connectivity index (χ2v) is 19.7. The molecular formula is C58H114N+. The average Bonchev–Trinajstić information content (AvgIpc) is 3.24. The van der Waals surface area contributed by atoms with E-state index in [0.717, 1.165) is 0 Å². The number of rotatable bonds is 51. The van der Waals surface area contributed by atoms with Gasteiger partial charge in [0.15, 0.2) is 0 Å². The first-order valence-corrected chi connectivity index (χ1v) is 28.0. The highest BCUT2D eigenvalue weighted by Gasteiger charge is 2.19. The Labute approximate surface area is 375 Å². The number of likely N-dealkylation sites (N-methyl/N-ethyl adjacent to an activating group) is 1. The van der Waals surface area contributed by atoms with Crippen molar-refractivity contribution in [3.63, 3.8) is 0 Å². The van der Waals surface area contributed by atoms with Crippen LogP contribution in [0.3, 0.4) is 0 Å². The zero-order valence-corrected chi connectivity index (χ0v) is 41.9. The lowest BCUT2D eigenvalue weighted by Gasteiger charge is -2.34. The minimum Gasteiger partial charge on any atom is -0.323 e. The van der Waals surface area contributed by atoms with Crippen LogP contribution in [0, 0.1) is 0 Å². The van der Waals surface area contributed by atoms with Crippen LogP contribution in [0.25, 0.3) is 0 Å². The van der Waals surface area contributed by atoms with E-state index in [0.29, 0.717) is 0 Å². The third kappa shape index (κ3) is 49.7. The van der Waals surface area contributed by atoms with E-state index in [1.807, 2.05) is 0 Å². The van der Waals surface area contributed by atoms with E-state index in [9.17, 15) is 0 Å². The fraction of sp³-hybridized carbons (Fsp3) is 0.897. The lowest BCUT2D eigenvalue weighted by atomic mass is 10.0. The zero-order valence-electron chi connectivity index (χ0n) is 41.9. The maximum absolute atomic E-state index is 2.58. The van der Waals surface area contributed by atoms with E-state index in [-0.39, 0.29) is 0 Å². The number of hydrogen-bond acceptors (Lipinski definition) is 0. The van der Waals surface area contributed by atoms with Gasteiger partial charge in [0.1, 0.15) is 0 Å². The van der Waals surface area contributed by atoms with E-state index >= 15 is 0 Å². The van der Waals surface area contributed by atoms with Crippen molar-refractivity contribution in [1.29, 1.82) is 0 Å². The van der Waals surface area contributed by atoms with Crippen molar-refractivity contribution in [2.75, 3.05) is 26.7 Å². The normalized spacial score (nSPS) is 12.4. The summed E-state index contributed by atoms with van der Waals surface area (Å²) in [5, 5.41) is 0. The molecule has 0 aliphatic carbocycles. The van der Waals surface area contributed by atoms with Crippen LogP contribution in [-0.4, -0.2) is 31.2 Å². The first kappa shape index (κ1) is 58.2. The maximum Gasteiger partial charge on any atom is 0.0971 e. The van der Waals surface area contributed by atoms with Crippen molar-refractivity contribution in [2.24, 2.45) is 0 Å². The zero-order chi connectivity index (χ0) is 42.7. The fourth-order valence-corrected chi connectivity index (χ4v) is 9.03. The van der Waals surface area contributed by atoms with Crippen LogP contribution < -0.4 is 0 Å². The lowest BCUT2D eigenvalue weighted by molar-refractivity contribution is -0.904. The molecule has 59 heavy (non-hydrogen) atoms. The summed E-state index contributed by atoms with van der Waals surface area (Å²) in [6, 6.07) is 0. The third-order valence-electron chi connectivity index (χ3n) is 13.4. The van der Waals surface area contributed by atoms with Crippen molar-refractivity contribution in [3.05, 3.63) is 36.5 Å². The topological polar surface area (TPSA) is 0 Å². The Bertz CT molecular complexity index is 794. The molecule has 0 saturated heterocycles. The van der Waals surface area contributed by atoms with Crippen molar-refractivity contribution in [1.82, 2.24) is 0 Å². The third-order valence-corrected chi connectivity index (χ3v) is 13.4. The van der Waals surface area contributed by atoms with Crippen LogP contribution in [0.5, 0.6) is 0 Å². The van der Waals surface area contributed by atoms with Crippen LogP contribution in [0.4, 0.5) is 0 Å². The second-order valence-electron chi connectivity index (χ2n) is 19.7. The van der Waals surface area contributed by atoms with Gasteiger partial charge in [0, 0.05) is 0 Å². The summed E-state index contributed by atoms with van der Waals surface area (Å²) in [6.07, 6.45) is 78.7. The molecule has 0 aromatic heterocycles. The molecule has 0 heterocycles. The number of allylic oxidation sites excluding steroid dienone is 5. The summed E-state index contributed by atoms with van der Waals surface area (Å²) < 4.78 is 1.27. The predicted octanol–water partition coefficient (Wildman–Crippen LogP) is 20.7. The molecule has 350 valence electrons. The minimum atomic E-state index is 1.25. The van der Waals surface area contributed by atoms with Crippen molar-refractivity contribution >= 4 is 0 Å². The smallest absolute Gasteiger partial charge is 0.0971 e. The molecule has 0 aromatic carbocycles. The van der Waals surface area contributed by atoms with E-state index < -0.39 is 0 Å². The molecule has 0 amide bonds. The highest BCUT2D eigenvalue weighted by molar-refractivity contribution is 4.83. The first-order chi connectivity index (χ1) is 29.2. The molecule has 0 aliphatic rings. The monoisotopic (exact) mass is 825 g/mol. The standard InChI is InChI=1S/C58H114N/c1-5-8-11-14-17-20-23-26-29-32-33-34-37-40-43-46-49-52-55-58-59(4,56-53-50-47-44-41-38-35-30-27-24-21-18-15-12-9-6-2)57-54-51-48-45-42-39-36-31-28-25-22-19-16-13-10-7-3/h27-28,30-31,52,55H,5-26,29,32-51,53-54,56-58H2,1-4H3/q+1/b30-27-,31-28-,55-52?. The van der Waals surface area contributed by atoms with Gasteiger partial charge >= 0.3 is 0 Å². The van der Waals surface area contributed by atoms with Crippen LogP contribution in [0.1, 0.15) is 310 Å². The molecule has 0 N–H and O–H groups in total. The van der Waals surface area contributed by atoms with Gasteiger partial charge < -0.3 is 4.48 Å². The first-order valence-electron chi connectivity index (χ1n) is 28.0. The Balaban J connectivity index is 4.20. The SMILES string of the molecule is CCCCCCCC/C=C\CCCCCCCC[N+](C)(CC=CCCCCCCCCCCCCCCCCCC)CCCCCCCC/C=C\CCCCCCCC. The molecule has 0 radical (unpaired) electrons. The van der Waals surface area contributed by atoms with Crippen LogP contribution in [0.15, 0.2) is 36.5 Å². The molecule has 0 bridgehead atoms. The minimum absolute atomic E-state index is 1.25. The van der Waals surface area contributed by atoms with Gasteiger partial charge in [-0.3, -0.25) is 0 Å². The van der Waals surface area contributed by atoms with Gasteiger partial charge in [-0.15, -0.1) is 0 Å². The molecule has 0 aliphatic heterocycles. The number of quaternary nitrogens is 1. The Hall–Kier alpha value is -0.820. The van der Waals surface area contributed by atoms with Gasteiger partial charge in [0.25, 0.3) is 0 Å². The van der Waals surface area contributed by atoms with E-state index in [1.165, 1.54) is 313 Å². The average molecular weight is 826 g/mol. The summed E-state index contributed by atoms with van der Waals surface area (Å²) >= 11 is 0. The Morgan fingerprint density at radius 2 is 0.407 bits per heavy atom. The Kier molecular flexibility index (Phi) is 50.8. The van der Waals surface area contributed by atoms with Gasteiger partial charge in [-0.1, -0.05) is 250 Å². The van der Waals surface area contributed by atoms with Crippen LogP contribution >= 0.6 is 0 Å². The summed E-state index contributed by atoms with van der Waals surface area (Å²) in [4.78, 5) is 0. The second kappa shape index (κ2) is 51.5. The molecule has 0 unspecified atom stereocenters. The van der Waals surface area contributed by atoms with E-state index in [1.54, 1.807) is 0 Å². The molecule has 0 fully saturated rings. The summed E-state index contributed by atoms with van der Waals surface area (Å²) in [6.45, 7) is 10.9. The highest BCUT2D eigenvalue weighted by atomic mass is 15.3. The van der Waals surface area contributed by atoms with Gasteiger partial charge in [0.05, 0.1) is 26.7 Å². The highest BCUT2D eigenvalue weighted by Crippen LogP contribution is 2.17. The van der Waals surface area contributed by atoms with Crippen molar-refractivity contribution in [3.8, 4) is 0 Å². The van der Waals surface area contributed by atoms with Crippen LogP contribution in [-0.2, 0) is 0 Å². The molecule has 0 rings (SSSR count). The number of unbranched alkanes of at least 4 members (excludes halogenated alkanes) is 40. The molecule has 0 aromatic rings. The van der Waals surface area contributed by atoms with Gasteiger partial charge in [-0.05, 0) is 96.0 Å². The molecular weight excluding hydrogens is 711 g/mol. The van der Waals surface area contributed by atoms with Gasteiger partial charge in [0.2, 0.25) is 0 Å². The van der Waals surface area contributed by atoms with Crippen molar-refractivity contribution < 1.29 is 4.48 Å². The molecule has 0 atom stereocenters. The summed E-state index contributed by atoms with van der Waals surface area (Å²) in [5.74, 6) is 0. The Morgan fingerprint density at radius 1 is 0.220 bits per heavy atom. The van der Waals surface area contributed by atoms with E-state index in [4.69, 9.17) is 0 Å². The number of nitrogens with zero attached hydrogens (tertiary/aromatic N) is 1. The predicted molar refractivity (Wildman–Crippen MR) is 273 cm³/mol. The lowest BCUT2D eigenvalue weighted by Crippen LogP contribution is -2.45. The van der Waals surface area contributed by atoms with Crippen molar-refractivity contribution in [2.45, 2.75) is 310 Å². The fourth-order valence-electron chi connectivity index (χ4n) is 9.03. The summed E-state index contributed by atoms with van der Waals surface area (Å²) in [5.41, 5.74) is 0. The molecule has 1 heteroatoms. The molecule has 0 spiro atoms. The molecule has 1 nitrogen and oxygen atoms in total.